The quantitative estimate of drug-likeness (QED) is 0.702. The van der Waals surface area contributed by atoms with Crippen LogP contribution in [0.5, 0.6) is 5.75 Å². The Labute approximate surface area is 119 Å². The van der Waals surface area contributed by atoms with Crippen LogP contribution in [0.2, 0.25) is 0 Å². The molecule has 5 heteroatoms. The lowest BCUT2D eigenvalue weighted by Gasteiger charge is -2.16. The fourth-order valence-electron chi connectivity index (χ4n) is 1.78. The molecule has 0 aliphatic rings. The van der Waals surface area contributed by atoms with E-state index in [1.165, 1.54) is 12.1 Å². The second kappa shape index (κ2) is 7.53. The van der Waals surface area contributed by atoms with E-state index in [1.54, 1.807) is 12.1 Å². The molecule has 0 unspecified atom stereocenters. The van der Waals surface area contributed by atoms with Gasteiger partial charge >= 0.3 is 0 Å². The number of benzene rings is 1. The SMILES string of the molecule is CC(C)CCC(=O)N[C@@H](Cc1ccc(O)cc1)C(N)=O. The number of carbonyl (C=O) groups is 2. The fraction of sp³-hybridized carbons (Fsp3) is 0.467. The Kier molecular flexibility index (Phi) is 6.03. The lowest BCUT2D eigenvalue weighted by Crippen LogP contribution is -2.45. The first-order chi connectivity index (χ1) is 9.38. The number of rotatable bonds is 7. The Hall–Kier alpha value is -2.04. The summed E-state index contributed by atoms with van der Waals surface area (Å²) in [7, 11) is 0. The van der Waals surface area contributed by atoms with Crippen LogP contribution in [0.1, 0.15) is 32.3 Å². The summed E-state index contributed by atoms with van der Waals surface area (Å²) >= 11 is 0. The molecule has 1 rings (SSSR count). The van der Waals surface area contributed by atoms with Gasteiger partial charge in [0.1, 0.15) is 11.8 Å². The highest BCUT2D eigenvalue weighted by Crippen LogP contribution is 2.11. The second-order valence-electron chi connectivity index (χ2n) is 5.33. The average molecular weight is 278 g/mol. The maximum atomic E-state index is 11.7. The van der Waals surface area contributed by atoms with E-state index in [9.17, 15) is 14.7 Å². The number of aromatic hydroxyl groups is 1. The van der Waals surface area contributed by atoms with Crippen LogP contribution in [0.15, 0.2) is 24.3 Å². The Balaban J connectivity index is 2.58. The minimum absolute atomic E-state index is 0.158. The summed E-state index contributed by atoms with van der Waals surface area (Å²) in [5, 5.41) is 11.9. The molecular weight excluding hydrogens is 256 g/mol. The second-order valence-corrected chi connectivity index (χ2v) is 5.33. The summed E-state index contributed by atoms with van der Waals surface area (Å²) in [6.45, 7) is 4.07. The van der Waals surface area contributed by atoms with E-state index in [4.69, 9.17) is 5.73 Å². The minimum Gasteiger partial charge on any atom is -0.508 e. The van der Waals surface area contributed by atoms with E-state index < -0.39 is 11.9 Å². The van der Waals surface area contributed by atoms with Gasteiger partial charge < -0.3 is 16.2 Å². The smallest absolute Gasteiger partial charge is 0.240 e. The molecule has 0 bridgehead atoms. The lowest BCUT2D eigenvalue weighted by molar-refractivity contribution is -0.127. The van der Waals surface area contributed by atoms with Gasteiger partial charge in [-0.05, 0) is 30.0 Å². The standard InChI is InChI=1S/C15H22N2O3/c1-10(2)3-8-14(19)17-13(15(16)20)9-11-4-6-12(18)7-5-11/h4-7,10,13,18H,3,8-9H2,1-2H3,(H2,16,20)(H,17,19)/t13-/m0/s1. The first-order valence-electron chi connectivity index (χ1n) is 6.75. The number of amides is 2. The van der Waals surface area contributed by atoms with E-state index in [0.717, 1.165) is 12.0 Å². The minimum atomic E-state index is -0.723. The molecule has 0 aromatic heterocycles. The van der Waals surface area contributed by atoms with Crippen LogP contribution < -0.4 is 11.1 Å². The zero-order valence-corrected chi connectivity index (χ0v) is 11.9. The number of primary amides is 1. The van der Waals surface area contributed by atoms with E-state index >= 15 is 0 Å². The Morgan fingerprint density at radius 2 is 1.85 bits per heavy atom. The molecule has 2 amide bonds. The van der Waals surface area contributed by atoms with Crippen LogP contribution in [-0.2, 0) is 16.0 Å². The highest BCUT2D eigenvalue weighted by molar-refractivity contribution is 5.86. The van der Waals surface area contributed by atoms with Crippen molar-refractivity contribution in [2.75, 3.05) is 0 Å². The molecule has 0 aliphatic carbocycles. The zero-order chi connectivity index (χ0) is 15.1. The van der Waals surface area contributed by atoms with E-state index in [1.807, 2.05) is 13.8 Å². The zero-order valence-electron chi connectivity index (χ0n) is 11.9. The molecule has 5 nitrogen and oxygen atoms in total. The summed E-state index contributed by atoms with van der Waals surface area (Å²) in [5.41, 5.74) is 6.15. The van der Waals surface area contributed by atoms with Gasteiger partial charge in [0.05, 0.1) is 0 Å². The van der Waals surface area contributed by atoms with Crippen molar-refractivity contribution in [2.45, 2.75) is 39.2 Å². The van der Waals surface area contributed by atoms with Gasteiger partial charge in [-0.2, -0.15) is 0 Å². The van der Waals surface area contributed by atoms with Crippen LogP contribution in [0.3, 0.4) is 0 Å². The molecule has 0 spiro atoms. The van der Waals surface area contributed by atoms with Gasteiger partial charge in [0.2, 0.25) is 11.8 Å². The molecule has 110 valence electrons. The molecule has 0 saturated carbocycles. The molecule has 0 radical (unpaired) electrons. The molecule has 4 N–H and O–H groups in total. The molecule has 0 saturated heterocycles. The number of phenolic OH excluding ortho intramolecular Hbond substituents is 1. The highest BCUT2D eigenvalue weighted by atomic mass is 16.3. The Bertz CT molecular complexity index is 455. The average Bonchev–Trinajstić information content (AvgIpc) is 2.38. The summed E-state index contributed by atoms with van der Waals surface area (Å²) in [5.74, 6) is -0.132. The van der Waals surface area contributed by atoms with Gasteiger partial charge in [-0.1, -0.05) is 26.0 Å². The van der Waals surface area contributed by atoms with Crippen molar-refractivity contribution in [2.24, 2.45) is 11.7 Å². The number of carbonyl (C=O) groups excluding carboxylic acids is 2. The van der Waals surface area contributed by atoms with E-state index in [-0.39, 0.29) is 11.7 Å². The normalized spacial score (nSPS) is 12.2. The number of nitrogens with two attached hydrogens (primary N) is 1. The van der Waals surface area contributed by atoms with Gasteiger partial charge in [0.15, 0.2) is 0 Å². The van der Waals surface area contributed by atoms with E-state index in [0.29, 0.717) is 18.8 Å². The molecule has 1 aromatic carbocycles. The van der Waals surface area contributed by atoms with Crippen LogP contribution in [-0.4, -0.2) is 23.0 Å². The number of nitrogens with one attached hydrogen (secondary N) is 1. The van der Waals surface area contributed by atoms with Crippen molar-refractivity contribution in [3.63, 3.8) is 0 Å². The molecule has 1 atom stereocenters. The van der Waals surface area contributed by atoms with Crippen LogP contribution >= 0.6 is 0 Å². The maximum absolute atomic E-state index is 11.7. The van der Waals surface area contributed by atoms with Crippen molar-refractivity contribution in [3.05, 3.63) is 29.8 Å². The van der Waals surface area contributed by atoms with Crippen molar-refractivity contribution in [3.8, 4) is 5.75 Å². The van der Waals surface area contributed by atoms with Crippen molar-refractivity contribution < 1.29 is 14.7 Å². The van der Waals surface area contributed by atoms with Gasteiger partial charge in [-0.15, -0.1) is 0 Å². The van der Waals surface area contributed by atoms with Crippen molar-refractivity contribution in [1.29, 1.82) is 0 Å². The third-order valence-corrected chi connectivity index (χ3v) is 3.00. The summed E-state index contributed by atoms with van der Waals surface area (Å²) in [6, 6.07) is 5.75. The predicted octanol–water partition coefficient (Wildman–Crippen LogP) is 1.34. The monoisotopic (exact) mass is 278 g/mol. The first kappa shape index (κ1) is 16.0. The van der Waals surface area contributed by atoms with E-state index in [2.05, 4.69) is 5.32 Å². The van der Waals surface area contributed by atoms with Gasteiger partial charge in [0, 0.05) is 12.8 Å². The third kappa shape index (κ3) is 5.73. The van der Waals surface area contributed by atoms with Gasteiger partial charge in [-0.3, -0.25) is 9.59 Å². The lowest BCUT2D eigenvalue weighted by atomic mass is 10.0. The van der Waals surface area contributed by atoms with Crippen LogP contribution in [0, 0.1) is 5.92 Å². The van der Waals surface area contributed by atoms with Crippen LogP contribution in [0.25, 0.3) is 0 Å². The molecule has 0 fully saturated rings. The van der Waals surface area contributed by atoms with Gasteiger partial charge in [-0.25, -0.2) is 0 Å². The molecule has 0 aliphatic heterocycles. The topological polar surface area (TPSA) is 92.4 Å². The molecule has 20 heavy (non-hydrogen) atoms. The molecular formula is C15H22N2O3. The third-order valence-electron chi connectivity index (χ3n) is 3.00. The van der Waals surface area contributed by atoms with Crippen molar-refractivity contribution in [1.82, 2.24) is 5.32 Å². The molecule has 0 heterocycles. The Morgan fingerprint density at radius 3 is 2.35 bits per heavy atom. The van der Waals surface area contributed by atoms with Gasteiger partial charge in [0.25, 0.3) is 0 Å². The predicted molar refractivity (Wildman–Crippen MR) is 77.0 cm³/mol. The highest BCUT2D eigenvalue weighted by Gasteiger charge is 2.18. The first-order valence-corrected chi connectivity index (χ1v) is 6.75. The summed E-state index contributed by atoms with van der Waals surface area (Å²) in [4.78, 5) is 23.2. The fourth-order valence-corrected chi connectivity index (χ4v) is 1.78. The largest absolute Gasteiger partial charge is 0.508 e. The maximum Gasteiger partial charge on any atom is 0.240 e. The number of hydrogen-bond donors (Lipinski definition) is 3. The Morgan fingerprint density at radius 1 is 1.25 bits per heavy atom. The number of hydrogen-bond acceptors (Lipinski definition) is 3. The van der Waals surface area contributed by atoms with Crippen LogP contribution in [0.4, 0.5) is 0 Å². The summed E-state index contributed by atoms with van der Waals surface area (Å²) in [6.07, 6.45) is 1.48. The number of phenols is 1. The molecule has 1 aromatic rings. The summed E-state index contributed by atoms with van der Waals surface area (Å²) < 4.78 is 0. The van der Waals surface area contributed by atoms with Crippen molar-refractivity contribution >= 4 is 11.8 Å².